The van der Waals surface area contributed by atoms with E-state index < -0.39 is 0 Å². The van der Waals surface area contributed by atoms with E-state index in [0.717, 1.165) is 6.54 Å². The van der Waals surface area contributed by atoms with Crippen LogP contribution in [-0.2, 0) is 4.79 Å². The van der Waals surface area contributed by atoms with Gasteiger partial charge in [0, 0.05) is 25.0 Å². The molecule has 112 valence electrons. The van der Waals surface area contributed by atoms with E-state index in [-0.39, 0.29) is 5.91 Å². The Bertz CT molecular complexity index is 525. The molecular formula is C17H23N3O. The standard InChI is InChI=1S/C17H23N3O/c1-13-6-5-7-14(2)20(13)11-10-17(21)19-16-9-4-3-8-15(16)12-18/h3-4,8-9,13-14H,5-7,10-11H2,1-2H3,(H,19,21)/t13-,14+. The van der Waals surface area contributed by atoms with Crippen molar-refractivity contribution in [1.29, 1.82) is 5.26 Å². The maximum absolute atomic E-state index is 12.1. The summed E-state index contributed by atoms with van der Waals surface area (Å²) in [7, 11) is 0. The number of nitrogens with one attached hydrogen (secondary N) is 1. The summed E-state index contributed by atoms with van der Waals surface area (Å²) in [5, 5.41) is 11.9. The molecule has 1 aromatic carbocycles. The highest BCUT2D eigenvalue weighted by Crippen LogP contribution is 2.22. The lowest BCUT2D eigenvalue weighted by Gasteiger charge is -2.38. The molecule has 4 nitrogen and oxygen atoms in total. The van der Waals surface area contributed by atoms with Gasteiger partial charge in [0.15, 0.2) is 0 Å². The number of anilines is 1. The molecule has 0 unspecified atom stereocenters. The second kappa shape index (κ2) is 7.24. The minimum Gasteiger partial charge on any atom is -0.325 e. The predicted molar refractivity (Wildman–Crippen MR) is 83.9 cm³/mol. The number of benzene rings is 1. The highest BCUT2D eigenvalue weighted by molar-refractivity contribution is 5.92. The third kappa shape index (κ3) is 4.05. The number of piperidine rings is 1. The lowest BCUT2D eigenvalue weighted by atomic mass is 9.97. The molecule has 0 aliphatic carbocycles. The van der Waals surface area contributed by atoms with E-state index in [9.17, 15) is 4.79 Å². The zero-order valence-electron chi connectivity index (χ0n) is 12.8. The molecule has 2 rings (SSSR count). The quantitative estimate of drug-likeness (QED) is 0.924. The molecule has 0 bridgehead atoms. The number of amides is 1. The summed E-state index contributed by atoms with van der Waals surface area (Å²) in [5.74, 6) is -0.0253. The average Bonchev–Trinajstić information content (AvgIpc) is 2.47. The average molecular weight is 285 g/mol. The summed E-state index contributed by atoms with van der Waals surface area (Å²) in [6, 6.07) is 10.3. The SMILES string of the molecule is C[C@@H]1CCC[C@H](C)N1CCC(=O)Nc1ccccc1C#N. The highest BCUT2D eigenvalue weighted by Gasteiger charge is 2.24. The van der Waals surface area contributed by atoms with Gasteiger partial charge in [-0.25, -0.2) is 0 Å². The normalized spacial score (nSPS) is 22.5. The Balaban J connectivity index is 1.89. The van der Waals surface area contributed by atoms with Crippen molar-refractivity contribution in [2.75, 3.05) is 11.9 Å². The second-order valence-electron chi connectivity index (χ2n) is 5.82. The third-order valence-corrected chi connectivity index (χ3v) is 4.29. The molecule has 0 radical (unpaired) electrons. The number of carbonyl (C=O) groups excluding carboxylic acids is 1. The molecule has 1 fully saturated rings. The van der Waals surface area contributed by atoms with Crippen LogP contribution in [0.5, 0.6) is 0 Å². The fraction of sp³-hybridized carbons (Fsp3) is 0.529. The second-order valence-corrected chi connectivity index (χ2v) is 5.82. The lowest BCUT2D eigenvalue weighted by Crippen LogP contribution is -2.44. The zero-order chi connectivity index (χ0) is 15.2. The molecule has 1 N–H and O–H groups in total. The largest absolute Gasteiger partial charge is 0.325 e. The number of nitrogens with zero attached hydrogens (tertiary/aromatic N) is 2. The van der Waals surface area contributed by atoms with E-state index in [2.05, 4.69) is 30.1 Å². The molecule has 1 saturated heterocycles. The van der Waals surface area contributed by atoms with E-state index in [0.29, 0.717) is 29.8 Å². The van der Waals surface area contributed by atoms with Gasteiger partial charge in [0.2, 0.25) is 5.91 Å². The van der Waals surface area contributed by atoms with Gasteiger partial charge in [-0.1, -0.05) is 18.6 Å². The van der Waals surface area contributed by atoms with Gasteiger partial charge in [-0.15, -0.1) is 0 Å². The third-order valence-electron chi connectivity index (χ3n) is 4.29. The van der Waals surface area contributed by atoms with Crippen LogP contribution in [-0.4, -0.2) is 29.4 Å². The van der Waals surface area contributed by atoms with Crippen molar-refractivity contribution in [2.24, 2.45) is 0 Å². The number of likely N-dealkylation sites (tertiary alicyclic amines) is 1. The van der Waals surface area contributed by atoms with Crippen molar-refractivity contribution < 1.29 is 4.79 Å². The Labute approximate surface area is 126 Å². The molecule has 1 aliphatic rings. The monoisotopic (exact) mass is 285 g/mol. The van der Waals surface area contributed by atoms with Crippen LogP contribution in [0, 0.1) is 11.3 Å². The Kier molecular flexibility index (Phi) is 5.35. The fourth-order valence-corrected chi connectivity index (χ4v) is 3.05. The Morgan fingerprint density at radius 1 is 1.33 bits per heavy atom. The molecular weight excluding hydrogens is 262 g/mol. The summed E-state index contributed by atoms with van der Waals surface area (Å²) in [6.07, 6.45) is 4.17. The van der Waals surface area contributed by atoms with E-state index in [1.807, 2.05) is 6.07 Å². The summed E-state index contributed by atoms with van der Waals surface area (Å²) in [5.41, 5.74) is 1.11. The maximum atomic E-state index is 12.1. The van der Waals surface area contributed by atoms with Crippen LogP contribution >= 0.6 is 0 Å². The summed E-state index contributed by atoms with van der Waals surface area (Å²) < 4.78 is 0. The number of nitriles is 1. The van der Waals surface area contributed by atoms with Gasteiger partial charge in [0.1, 0.15) is 6.07 Å². The van der Waals surface area contributed by atoms with Gasteiger partial charge < -0.3 is 5.32 Å². The Morgan fingerprint density at radius 2 is 2.00 bits per heavy atom. The molecule has 1 aromatic rings. The van der Waals surface area contributed by atoms with Crippen LogP contribution in [0.4, 0.5) is 5.69 Å². The van der Waals surface area contributed by atoms with Crippen LogP contribution in [0.1, 0.15) is 45.1 Å². The molecule has 4 heteroatoms. The Hall–Kier alpha value is -1.86. The maximum Gasteiger partial charge on any atom is 0.225 e. The first-order valence-electron chi connectivity index (χ1n) is 7.66. The highest BCUT2D eigenvalue weighted by atomic mass is 16.1. The summed E-state index contributed by atoms with van der Waals surface area (Å²) >= 11 is 0. The van der Waals surface area contributed by atoms with Crippen LogP contribution in [0.15, 0.2) is 24.3 Å². The van der Waals surface area contributed by atoms with E-state index in [1.165, 1.54) is 19.3 Å². The molecule has 0 spiro atoms. The van der Waals surface area contributed by atoms with Gasteiger partial charge in [-0.05, 0) is 38.8 Å². The van der Waals surface area contributed by atoms with Crippen LogP contribution in [0.3, 0.4) is 0 Å². The first-order valence-corrected chi connectivity index (χ1v) is 7.66. The van der Waals surface area contributed by atoms with Gasteiger partial charge in [-0.2, -0.15) is 5.26 Å². The first-order chi connectivity index (χ1) is 10.1. The van der Waals surface area contributed by atoms with Crippen molar-refractivity contribution in [3.63, 3.8) is 0 Å². The van der Waals surface area contributed by atoms with Crippen LogP contribution in [0.2, 0.25) is 0 Å². The van der Waals surface area contributed by atoms with Gasteiger partial charge in [0.05, 0.1) is 11.3 Å². The van der Waals surface area contributed by atoms with Gasteiger partial charge >= 0.3 is 0 Å². The van der Waals surface area contributed by atoms with Crippen molar-refractivity contribution in [1.82, 2.24) is 4.90 Å². The predicted octanol–water partition coefficient (Wildman–Crippen LogP) is 3.15. The number of rotatable bonds is 4. The van der Waals surface area contributed by atoms with Crippen LogP contribution < -0.4 is 5.32 Å². The number of carbonyl (C=O) groups is 1. The molecule has 0 saturated carbocycles. The number of hydrogen-bond acceptors (Lipinski definition) is 3. The molecule has 0 aromatic heterocycles. The smallest absolute Gasteiger partial charge is 0.225 e. The van der Waals surface area contributed by atoms with Crippen molar-refractivity contribution >= 4 is 11.6 Å². The number of hydrogen-bond donors (Lipinski definition) is 1. The topological polar surface area (TPSA) is 56.1 Å². The molecule has 1 aliphatic heterocycles. The molecule has 1 amide bonds. The Morgan fingerprint density at radius 3 is 2.67 bits per heavy atom. The van der Waals surface area contributed by atoms with Crippen molar-refractivity contribution in [2.45, 2.75) is 51.6 Å². The van der Waals surface area contributed by atoms with E-state index in [1.54, 1.807) is 18.2 Å². The summed E-state index contributed by atoms with van der Waals surface area (Å²) in [4.78, 5) is 14.5. The minimum absolute atomic E-state index is 0.0253. The van der Waals surface area contributed by atoms with E-state index >= 15 is 0 Å². The summed E-state index contributed by atoms with van der Waals surface area (Å²) in [6.45, 7) is 5.25. The zero-order valence-corrected chi connectivity index (χ0v) is 12.8. The number of para-hydroxylation sites is 1. The molecule has 2 atom stereocenters. The fourth-order valence-electron chi connectivity index (χ4n) is 3.05. The van der Waals surface area contributed by atoms with Crippen LogP contribution in [0.25, 0.3) is 0 Å². The van der Waals surface area contributed by atoms with Crippen molar-refractivity contribution in [3.8, 4) is 6.07 Å². The van der Waals surface area contributed by atoms with Crippen molar-refractivity contribution in [3.05, 3.63) is 29.8 Å². The lowest BCUT2D eigenvalue weighted by molar-refractivity contribution is -0.116. The van der Waals surface area contributed by atoms with Gasteiger partial charge in [0.25, 0.3) is 0 Å². The van der Waals surface area contributed by atoms with Gasteiger partial charge in [-0.3, -0.25) is 9.69 Å². The first kappa shape index (κ1) is 15.5. The minimum atomic E-state index is -0.0253. The van der Waals surface area contributed by atoms with E-state index in [4.69, 9.17) is 5.26 Å². The molecule has 1 heterocycles. The molecule has 21 heavy (non-hydrogen) atoms.